The molecule has 1 fully saturated rings. The van der Waals surface area contributed by atoms with Crippen molar-refractivity contribution in [1.82, 2.24) is 9.97 Å². The number of piperidine rings is 1. The number of benzene rings is 1. The minimum Gasteiger partial charge on any atom is -0.356 e. The zero-order valence-corrected chi connectivity index (χ0v) is 17.5. The fraction of sp³-hybridized carbons (Fsp3) is 0.474. The minimum absolute atomic E-state index is 0.212. The molecule has 0 amide bonds. The van der Waals surface area contributed by atoms with E-state index in [0.717, 1.165) is 18.2 Å². The predicted molar refractivity (Wildman–Crippen MR) is 105 cm³/mol. The van der Waals surface area contributed by atoms with E-state index in [2.05, 4.69) is 9.97 Å². The van der Waals surface area contributed by atoms with Gasteiger partial charge in [0.2, 0.25) is 0 Å². The van der Waals surface area contributed by atoms with E-state index in [-0.39, 0.29) is 10.8 Å². The number of nitrogens with zero attached hydrogens (tertiary/aromatic N) is 3. The lowest BCUT2D eigenvalue weighted by Gasteiger charge is -2.40. The summed E-state index contributed by atoms with van der Waals surface area (Å²) in [5, 5.41) is 0.324. The van der Waals surface area contributed by atoms with E-state index in [1.165, 1.54) is 12.4 Å². The molecule has 0 N–H and O–H groups in total. The molecule has 3 rings (SSSR count). The molecule has 0 atom stereocenters. The van der Waals surface area contributed by atoms with Gasteiger partial charge in [-0.2, -0.15) is 13.2 Å². The number of sulfone groups is 1. The lowest BCUT2D eigenvalue weighted by atomic mass is 9.86. The predicted octanol–water partition coefficient (Wildman–Crippen LogP) is 4.62. The van der Waals surface area contributed by atoms with E-state index < -0.39 is 26.3 Å². The van der Waals surface area contributed by atoms with Gasteiger partial charge in [-0.3, -0.25) is 0 Å². The van der Waals surface area contributed by atoms with Gasteiger partial charge in [-0.05, 0) is 50.8 Å². The molecule has 1 aromatic heterocycles. The van der Waals surface area contributed by atoms with Gasteiger partial charge in [0, 0.05) is 19.2 Å². The normalized spacial score (nSPS) is 16.8. The summed E-state index contributed by atoms with van der Waals surface area (Å²) in [6, 6.07) is 5.59. The van der Waals surface area contributed by atoms with Crippen LogP contribution in [-0.2, 0) is 16.0 Å². The van der Waals surface area contributed by atoms with E-state index in [0.29, 0.717) is 36.9 Å². The molecule has 1 aliphatic rings. The Balaban J connectivity index is 1.80. The molecule has 1 aliphatic heterocycles. The van der Waals surface area contributed by atoms with E-state index in [4.69, 9.17) is 11.6 Å². The number of hydrogen-bond acceptors (Lipinski definition) is 5. The van der Waals surface area contributed by atoms with E-state index in [9.17, 15) is 21.6 Å². The first-order chi connectivity index (χ1) is 13.4. The van der Waals surface area contributed by atoms with Crippen molar-refractivity contribution in [2.45, 2.75) is 42.5 Å². The summed E-state index contributed by atoms with van der Waals surface area (Å²) < 4.78 is 64.3. The quantitative estimate of drug-likeness (QED) is 0.640. The summed E-state index contributed by atoms with van der Waals surface area (Å²) in [7, 11) is -3.98. The lowest BCUT2D eigenvalue weighted by molar-refractivity contribution is -0.137. The van der Waals surface area contributed by atoms with Crippen molar-refractivity contribution in [2.75, 3.05) is 18.0 Å². The Labute approximate surface area is 172 Å². The van der Waals surface area contributed by atoms with Crippen LogP contribution < -0.4 is 4.90 Å². The molecule has 0 aliphatic carbocycles. The van der Waals surface area contributed by atoms with Crippen LogP contribution in [0.1, 0.15) is 32.3 Å². The third-order valence-corrected chi connectivity index (χ3v) is 8.39. The van der Waals surface area contributed by atoms with Crippen LogP contribution in [-0.4, -0.2) is 36.2 Å². The molecule has 1 saturated heterocycles. The van der Waals surface area contributed by atoms with Gasteiger partial charge in [0.05, 0.1) is 15.2 Å². The molecule has 0 unspecified atom stereocenters. The molecule has 0 radical (unpaired) electrons. The first-order valence-electron chi connectivity index (χ1n) is 9.07. The summed E-state index contributed by atoms with van der Waals surface area (Å²) in [5.41, 5.74) is -0.968. The summed E-state index contributed by atoms with van der Waals surface area (Å²) in [6.45, 7) is 4.31. The van der Waals surface area contributed by atoms with Gasteiger partial charge in [0.15, 0.2) is 9.84 Å². The molecular weight excluding hydrogens is 427 g/mol. The van der Waals surface area contributed by atoms with Crippen LogP contribution >= 0.6 is 11.6 Å². The zero-order chi connectivity index (χ0) is 21.4. The zero-order valence-electron chi connectivity index (χ0n) is 15.9. The molecule has 1 aromatic carbocycles. The number of hydrogen-bond donors (Lipinski definition) is 0. The number of halogens is 4. The molecule has 0 spiro atoms. The third-order valence-electron chi connectivity index (χ3n) is 5.59. The van der Waals surface area contributed by atoms with Crippen molar-refractivity contribution in [1.29, 1.82) is 0 Å². The van der Waals surface area contributed by atoms with E-state index >= 15 is 0 Å². The summed E-state index contributed by atoms with van der Waals surface area (Å²) in [6.07, 6.45) is -2.11. The maximum Gasteiger partial charge on any atom is 0.416 e. The van der Waals surface area contributed by atoms with Gasteiger partial charge in [0.1, 0.15) is 17.3 Å². The second-order valence-electron chi connectivity index (χ2n) is 7.59. The number of rotatable bonds is 4. The first kappa shape index (κ1) is 21.8. The Morgan fingerprint density at radius 2 is 1.76 bits per heavy atom. The fourth-order valence-corrected chi connectivity index (χ4v) is 5.63. The molecule has 158 valence electrons. The minimum atomic E-state index is -4.60. The Bertz CT molecular complexity index is 988. The molecule has 29 heavy (non-hydrogen) atoms. The molecule has 0 saturated carbocycles. The van der Waals surface area contributed by atoms with E-state index in [1.807, 2.05) is 4.90 Å². The Morgan fingerprint density at radius 3 is 2.34 bits per heavy atom. The van der Waals surface area contributed by atoms with Crippen molar-refractivity contribution in [3.63, 3.8) is 0 Å². The SMILES string of the molecule is CC(C)(C1CCN(c2cc(Cl)ncn2)CC1)S(=O)(=O)c1cccc(C(F)(F)F)c1. The Morgan fingerprint density at radius 1 is 1.10 bits per heavy atom. The molecule has 2 heterocycles. The lowest BCUT2D eigenvalue weighted by Crippen LogP contribution is -2.46. The van der Waals surface area contributed by atoms with Gasteiger partial charge >= 0.3 is 6.18 Å². The van der Waals surface area contributed by atoms with Crippen LogP contribution in [0, 0.1) is 5.92 Å². The van der Waals surface area contributed by atoms with Gasteiger partial charge in [-0.15, -0.1) is 0 Å². The standard InChI is InChI=1S/C19H21ClF3N3O2S/c1-18(2,29(27,28)15-5-3-4-14(10-15)19(21,22)23)13-6-8-26(9-7-13)17-11-16(20)24-12-25-17/h3-5,10-13H,6-9H2,1-2H3. The average molecular weight is 448 g/mol. The van der Waals surface area contributed by atoms with Crippen molar-refractivity contribution >= 4 is 27.3 Å². The monoisotopic (exact) mass is 447 g/mol. The number of alkyl halides is 3. The molecule has 5 nitrogen and oxygen atoms in total. The number of aromatic nitrogens is 2. The van der Waals surface area contributed by atoms with Gasteiger partial charge in [-0.1, -0.05) is 17.7 Å². The van der Waals surface area contributed by atoms with Crippen molar-refractivity contribution < 1.29 is 21.6 Å². The highest BCUT2D eigenvalue weighted by molar-refractivity contribution is 7.92. The van der Waals surface area contributed by atoms with Gasteiger partial charge < -0.3 is 4.90 Å². The van der Waals surface area contributed by atoms with Gasteiger partial charge in [-0.25, -0.2) is 18.4 Å². The second-order valence-corrected chi connectivity index (χ2v) is 10.5. The first-order valence-corrected chi connectivity index (χ1v) is 10.9. The fourth-order valence-electron chi connectivity index (χ4n) is 3.66. The topological polar surface area (TPSA) is 63.2 Å². The highest BCUT2D eigenvalue weighted by Crippen LogP contribution is 2.40. The van der Waals surface area contributed by atoms with Crippen molar-refractivity contribution in [3.05, 3.63) is 47.4 Å². The van der Waals surface area contributed by atoms with Crippen LogP contribution in [0.25, 0.3) is 0 Å². The van der Waals surface area contributed by atoms with Crippen LogP contribution in [0.3, 0.4) is 0 Å². The average Bonchev–Trinajstić information content (AvgIpc) is 2.67. The molecule has 10 heteroatoms. The van der Waals surface area contributed by atoms with Crippen molar-refractivity contribution in [3.8, 4) is 0 Å². The van der Waals surface area contributed by atoms with Crippen molar-refractivity contribution in [2.24, 2.45) is 5.92 Å². The smallest absolute Gasteiger partial charge is 0.356 e. The van der Waals surface area contributed by atoms with Crippen LogP contribution in [0.4, 0.5) is 19.0 Å². The summed E-state index contributed by atoms with van der Waals surface area (Å²) in [4.78, 5) is 9.73. The van der Waals surface area contributed by atoms with Crippen LogP contribution in [0.2, 0.25) is 5.15 Å². The second kappa shape index (κ2) is 7.75. The van der Waals surface area contributed by atoms with Crippen LogP contribution in [0.15, 0.2) is 41.6 Å². The Hall–Kier alpha value is -1.87. The maximum atomic E-state index is 13.2. The van der Waals surface area contributed by atoms with Gasteiger partial charge in [0.25, 0.3) is 0 Å². The van der Waals surface area contributed by atoms with E-state index in [1.54, 1.807) is 19.9 Å². The molecule has 2 aromatic rings. The molecule has 0 bridgehead atoms. The summed E-state index contributed by atoms with van der Waals surface area (Å²) in [5.74, 6) is 0.456. The van der Waals surface area contributed by atoms with Crippen LogP contribution in [0.5, 0.6) is 0 Å². The summed E-state index contributed by atoms with van der Waals surface area (Å²) >= 11 is 5.90. The maximum absolute atomic E-state index is 13.2. The third kappa shape index (κ3) is 4.35. The number of anilines is 1. The highest BCUT2D eigenvalue weighted by Gasteiger charge is 2.44. The molecular formula is C19H21ClF3N3O2S. The largest absolute Gasteiger partial charge is 0.416 e. The highest BCUT2D eigenvalue weighted by atomic mass is 35.5. The Kier molecular flexibility index (Phi) is 5.84.